The van der Waals surface area contributed by atoms with Gasteiger partial charge in [0.2, 0.25) is 0 Å². The molecule has 0 aliphatic heterocycles. The Labute approximate surface area is 397 Å². The summed E-state index contributed by atoms with van der Waals surface area (Å²) in [7, 11) is 0. The summed E-state index contributed by atoms with van der Waals surface area (Å²) >= 11 is 0. The number of fused-ring (bicyclic) bond motifs is 5. The molecular weight excluding hydrogens is 817 g/mol. The zero-order chi connectivity index (χ0) is 45.0. The van der Waals surface area contributed by atoms with Crippen LogP contribution < -0.4 is 0 Å². The van der Waals surface area contributed by atoms with Crippen molar-refractivity contribution in [3.05, 3.63) is 306 Å². The lowest BCUT2D eigenvalue weighted by Crippen LogP contribution is -1.97. The molecule has 0 N–H and O–H groups in total. The predicted molar refractivity (Wildman–Crippen MR) is 289 cm³/mol. The number of allylic oxidation sites excluding steroid dienone is 5. The van der Waals surface area contributed by atoms with Crippen molar-refractivity contribution in [2.75, 3.05) is 0 Å². The van der Waals surface area contributed by atoms with E-state index >= 15 is 0 Å². The first-order chi connectivity index (χ1) is 33.8. The second-order valence-electron chi connectivity index (χ2n) is 17.9. The molecule has 0 unspecified atom stereocenters. The van der Waals surface area contributed by atoms with Crippen LogP contribution in [0.2, 0.25) is 0 Å². The second kappa shape index (κ2) is 16.5. The first-order valence-corrected chi connectivity index (χ1v) is 23.6. The number of hydrogen-bond donors (Lipinski definition) is 0. The van der Waals surface area contributed by atoms with Crippen molar-refractivity contribution < 1.29 is 0 Å². The first kappa shape index (κ1) is 39.5. The molecule has 0 aromatic heterocycles. The van der Waals surface area contributed by atoms with Crippen molar-refractivity contribution >= 4 is 49.4 Å². The van der Waals surface area contributed by atoms with Crippen molar-refractivity contribution in [3.63, 3.8) is 0 Å². The van der Waals surface area contributed by atoms with Gasteiger partial charge in [-0.3, -0.25) is 0 Å². The number of hydrogen-bond acceptors (Lipinski definition) is 0. The second-order valence-corrected chi connectivity index (χ2v) is 17.9. The molecule has 68 heavy (non-hydrogen) atoms. The van der Waals surface area contributed by atoms with Gasteiger partial charge in [-0.05, 0) is 145 Å². The summed E-state index contributed by atoms with van der Waals surface area (Å²) in [5.41, 5.74) is 24.6. The minimum absolute atomic E-state index is 1.19. The van der Waals surface area contributed by atoms with Gasteiger partial charge in [0.15, 0.2) is 0 Å². The van der Waals surface area contributed by atoms with Gasteiger partial charge < -0.3 is 0 Å². The summed E-state index contributed by atoms with van der Waals surface area (Å²) in [5.74, 6) is 0. The molecule has 2 aliphatic carbocycles. The molecule has 11 aromatic carbocycles. The van der Waals surface area contributed by atoms with Gasteiger partial charge in [-0.1, -0.05) is 255 Å². The van der Waals surface area contributed by atoms with E-state index in [1.807, 2.05) is 0 Å². The molecule has 0 saturated carbocycles. The fourth-order valence-electron chi connectivity index (χ4n) is 11.0. The van der Waals surface area contributed by atoms with Gasteiger partial charge >= 0.3 is 0 Å². The van der Waals surface area contributed by atoms with Crippen molar-refractivity contribution in [2.24, 2.45) is 0 Å². The maximum Gasteiger partial charge on any atom is -0.000137 e. The molecule has 0 radical (unpaired) electrons. The fourth-order valence-corrected chi connectivity index (χ4v) is 11.0. The van der Waals surface area contributed by atoms with Crippen LogP contribution in [-0.4, -0.2) is 0 Å². The monoisotopic (exact) mass is 860 g/mol. The third-order valence-corrected chi connectivity index (χ3v) is 14.0. The topological polar surface area (TPSA) is 0 Å². The summed E-state index contributed by atoms with van der Waals surface area (Å²) < 4.78 is 0. The van der Waals surface area contributed by atoms with Gasteiger partial charge in [0.05, 0.1) is 0 Å². The van der Waals surface area contributed by atoms with Crippen LogP contribution in [0, 0.1) is 0 Å². The highest BCUT2D eigenvalue weighted by molar-refractivity contribution is 6.39. The standard InChI is InChI=1S/C68H44/c1-5-19-47(20-6-1)59-43-61-62(44-60(59)48-21-7-2-8-22-48)67-65(52-27-11-4-12-28-52)64(53-39-35-49(36-40-53)57-33-17-29-45-23-13-15-31-55(45)57)66(68(67)63(61)51-25-9-3-10-26-51)54-41-37-50(38-42-54)58-34-18-30-46-24-14-16-32-56(46)58/h1-44H. The quantitative estimate of drug-likeness (QED) is 0.143. The lowest BCUT2D eigenvalue weighted by Gasteiger charge is -2.19. The third kappa shape index (κ3) is 6.61. The molecule has 11 aromatic rings. The molecule has 0 fully saturated rings. The summed E-state index contributed by atoms with van der Waals surface area (Å²) in [4.78, 5) is 0. The Balaban J connectivity index is 1.12. The average molecular weight is 861 g/mol. The lowest BCUT2D eigenvalue weighted by atomic mass is 9.84. The smallest absolute Gasteiger partial charge is 0.000137 e. The minimum atomic E-state index is 1.19. The number of benzene rings is 11. The van der Waals surface area contributed by atoms with Gasteiger partial charge in [-0.25, -0.2) is 0 Å². The normalized spacial score (nSPS) is 13.1. The predicted octanol–water partition coefficient (Wildman–Crippen LogP) is 18.0. The highest BCUT2D eigenvalue weighted by atomic mass is 14.4. The first-order valence-electron chi connectivity index (χ1n) is 23.6. The summed E-state index contributed by atoms with van der Waals surface area (Å²) in [5, 5.41) is 5.01. The zero-order valence-corrected chi connectivity index (χ0v) is 37.4. The van der Waals surface area contributed by atoms with Crippen molar-refractivity contribution in [2.45, 2.75) is 0 Å². The van der Waals surface area contributed by atoms with Gasteiger partial charge in [0, 0.05) is 0 Å². The van der Waals surface area contributed by atoms with Crippen molar-refractivity contribution in [1.82, 2.24) is 0 Å². The maximum absolute atomic E-state index is 2.50. The van der Waals surface area contributed by atoms with Crippen LogP contribution >= 0.6 is 0 Å². The Kier molecular flexibility index (Phi) is 9.62. The summed E-state index contributed by atoms with van der Waals surface area (Å²) in [6, 6.07) is 98.4. The molecule has 316 valence electrons. The van der Waals surface area contributed by atoms with Crippen LogP contribution in [0.3, 0.4) is 0 Å². The molecule has 0 bridgehead atoms. The molecule has 0 amide bonds. The SMILES string of the molecule is c1ccc(C2=C3C(=C(c4ccccc4)c4cc(-c5ccccc5)c(-c5ccccc5)cc43)C(c3ccc(-c4cccc5ccccc45)cc3)=C2c2ccc(-c3cccc4ccccc34)cc2)cc1. The Morgan fingerprint density at radius 1 is 0.147 bits per heavy atom. The third-order valence-electron chi connectivity index (χ3n) is 14.0. The van der Waals surface area contributed by atoms with E-state index in [0.717, 1.165) is 0 Å². The molecule has 0 nitrogen and oxygen atoms in total. The van der Waals surface area contributed by atoms with Crippen LogP contribution in [0.5, 0.6) is 0 Å². The van der Waals surface area contributed by atoms with E-state index < -0.39 is 0 Å². The largest absolute Gasteiger partial charge is 0.0622 e. The van der Waals surface area contributed by atoms with E-state index in [2.05, 4.69) is 267 Å². The summed E-state index contributed by atoms with van der Waals surface area (Å²) in [6.45, 7) is 0. The number of rotatable bonds is 8. The van der Waals surface area contributed by atoms with Crippen LogP contribution in [0.25, 0.3) is 93.9 Å². The average Bonchev–Trinajstić information content (AvgIpc) is 3.93. The molecule has 0 atom stereocenters. The van der Waals surface area contributed by atoms with E-state index in [9.17, 15) is 0 Å². The van der Waals surface area contributed by atoms with Crippen LogP contribution in [0.4, 0.5) is 0 Å². The van der Waals surface area contributed by atoms with E-state index in [0.29, 0.717) is 0 Å². The highest BCUT2D eigenvalue weighted by Gasteiger charge is 2.41. The highest BCUT2D eigenvalue weighted by Crippen LogP contribution is 2.62. The van der Waals surface area contributed by atoms with Crippen LogP contribution in [0.1, 0.15) is 33.4 Å². The van der Waals surface area contributed by atoms with Gasteiger partial charge in [0.25, 0.3) is 0 Å². The molecule has 0 heteroatoms. The lowest BCUT2D eigenvalue weighted by molar-refractivity contribution is 1.51. The van der Waals surface area contributed by atoms with Gasteiger partial charge in [-0.15, -0.1) is 0 Å². The zero-order valence-electron chi connectivity index (χ0n) is 37.4. The van der Waals surface area contributed by atoms with E-state index in [-0.39, 0.29) is 0 Å². The van der Waals surface area contributed by atoms with E-state index in [1.165, 1.54) is 133 Å². The fraction of sp³-hybridized carbons (Fsp3) is 0. The van der Waals surface area contributed by atoms with Crippen molar-refractivity contribution in [3.8, 4) is 44.5 Å². The maximum atomic E-state index is 2.50. The van der Waals surface area contributed by atoms with E-state index in [4.69, 9.17) is 0 Å². The molecule has 0 saturated heterocycles. The minimum Gasteiger partial charge on any atom is -0.0622 e. The molecule has 0 heterocycles. The molecular formula is C68H44. The Morgan fingerprint density at radius 2 is 0.441 bits per heavy atom. The molecule has 0 spiro atoms. The Morgan fingerprint density at radius 3 is 0.897 bits per heavy atom. The van der Waals surface area contributed by atoms with E-state index in [1.54, 1.807) is 0 Å². The molecule has 13 rings (SSSR count). The molecule has 2 aliphatic rings. The Bertz CT molecular complexity index is 3800. The Hall–Kier alpha value is -8.84. The van der Waals surface area contributed by atoms with Crippen molar-refractivity contribution in [1.29, 1.82) is 0 Å². The van der Waals surface area contributed by atoms with Gasteiger partial charge in [0.1, 0.15) is 0 Å². The van der Waals surface area contributed by atoms with Crippen LogP contribution in [0.15, 0.2) is 272 Å². The van der Waals surface area contributed by atoms with Gasteiger partial charge in [-0.2, -0.15) is 0 Å². The summed E-state index contributed by atoms with van der Waals surface area (Å²) in [6.07, 6.45) is 0. The van der Waals surface area contributed by atoms with Crippen LogP contribution in [-0.2, 0) is 0 Å².